The minimum Gasteiger partial charge on any atom is -0.288 e. The van der Waals surface area contributed by atoms with E-state index in [9.17, 15) is 9.59 Å². The molecule has 30 heavy (non-hydrogen) atoms. The Morgan fingerprint density at radius 1 is 0.700 bits per heavy atom. The van der Waals surface area contributed by atoms with Gasteiger partial charge in [0.2, 0.25) is 5.78 Å². The van der Waals surface area contributed by atoms with E-state index in [2.05, 4.69) is 36.8 Å². The van der Waals surface area contributed by atoms with E-state index in [1.165, 1.54) is 0 Å². The van der Waals surface area contributed by atoms with Gasteiger partial charge in [-0.1, -0.05) is 107 Å². The molecule has 3 aromatic carbocycles. The van der Waals surface area contributed by atoms with Crippen LogP contribution in [0.3, 0.4) is 0 Å². The normalized spacial score (nSPS) is 13.0. The lowest BCUT2D eigenvalue weighted by atomic mass is 9.86. The van der Waals surface area contributed by atoms with E-state index < -0.39 is 16.0 Å². The van der Waals surface area contributed by atoms with Crippen LogP contribution in [0.5, 0.6) is 0 Å². The number of nitrogens with zero attached hydrogens (tertiary/aromatic N) is 1. The van der Waals surface area contributed by atoms with Crippen LogP contribution in [0.15, 0.2) is 91.0 Å². The second-order valence-corrected chi connectivity index (χ2v) is 8.54. The smallest absolute Gasteiger partial charge is 0.265 e. The zero-order valence-corrected chi connectivity index (χ0v) is 19.7. The van der Waals surface area contributed by atoms with Crippen LogP contribution in [0, 0.1) is 0 Å². The van der Waals surface area contributed by atoms with Crippen molar-refractivity contribution in [3.63, 3.8) is 0 Å². The molecule has 0 bridgehead atoms. The van der Waals surface area contributed by atoms with Crippen LogP contribution in [-0.4, -0.2) is 26.2 Å². The van der Waals surface area contributed by atoms with Crippen molar-refractivity contribution >= 4 is 42.3 Å². The molecule has 0 saturated heterocycles. The molecule has 0 aliphatic carbocycles. The Bertz CT molecular complexity index is 923. The third kappa shape index (κ3) is 5.54. The first-order valence-electron chi connectivity index (χ1n) is 9.72. The van der Waals surface area contributed by atoms with Crippen LogP contribution in [-0.2, 0) is 29.1 Å². The first-order valence-corrected chi connectivity index (χ1v) is 11.6. The van der Waals surface area contributed by atoms with Gasteiger partial charge < -0.3 is 0 Å². The quantitative estimate of drug-likeness (QED) is 0.196. The Balaban J connectivity index is 2.08. The van der Waals surface area contributed by atoms with E-state index in [1.807, 2.05) is 91.0 Å². The van der Waals surface area contributed by atoms with Crippen molar-refractivity contribution in [3.8, 4) is 0 Å². The van der Waals surface area contributed by atoms with Crippen LogP contribution >= 0.6 is 31.9 Å². The fourth-order valence-corrected chi connectivity index (χ4v) is 4.79. The van der Waals surface area contributed by atoms with Crippen LogP contribution in [0.4, 0.5) is 0 Å². The number of alkyl halides is 1. The number of halogens is 2. The second-order valence-electron chi connectivity index (χ2n) is 7.26. The summed E-state index contributed by atoms with van der Waals surface area (Å²) in [6, 6.07) is 29.9. The van der Waals surface area contributed by atoms with Crippen molar-refractivity contribution in [3.05, 3.63) is 108 Å². The van der Waals surface area contributed by atoms with Gasteiger partial charge in [0.15, 0.2) is 0 Å². The summed E-state index contributed by atoms with van der Waals surface area (Å²) in [5.41, 5.74) is 2.14. The molecule has 0 unspecified atom stereocenters. The molecule has 3 aromatic rings. The average molecular weight is 529 g/mol. The molecule has 0 heterocycles. The highest BCUT2D eigenvalue weighted by atomic mass is 79.9. The number of rotatable bonds is 10. The van der Waals surface area contributed by atoms with E-state index in [0.29, 0.717) is 24.8 Å². The monoisotopic (exact) mass is 527 g/mol. The van der Waals surface area contributed by atoms with E-state index in [-0.39, 0.29) is 0 Å². The summed E-state index contributed by atoms with van der Waals surface area (Å²) in [5.74, 6) is -0.449. The van der Waals surface area contributed by atoms with Gasteiger partial charge in [0.25, 0.3) is 4.69 Å². The SMILES string of the molecule is O=C(Br)C(=O)[C@](CBr)(Cc1ccccc1)N(Cc1ccccc1)Cc1ccccc1. The minimum absolute atomic E-state index is 0.338. The molecule has 0 N–H and O–H groups in total. The summed E-state index contributed by atoms with van der Waals surface area (Å²) in [7, 11) is 0. The molecule has 0 spiro atoms. The Morgan fingerprint density at radius 3 is 1.47 bits per heavy atom. The number of ketones is 1. The lowest BCUT2D eigenvalue weighted by Gasteiger charge is -2.41. The summed E-state index contributed by atoms with van der Waals surface area (Å²) in [4.78, 5) is 27.7. The number of hydrogen-bond acceptors (Lipinski definition) is 3. The first-order chi connectivity index (χ1) is 14.5. The molecule has 0 aliphatic rings. The van der Waals surface area contributed by atoms with Gasteiger partial charge in [-0.3, -0.25) is 14.5 Å². The molecule has 0 amide bonds. The lowest BCUT2D eigenvalue weighted by Crippen LogP contribution is -2.58. The molecular weight excluding hydrogens is 506 g/mol. The molecule has 3 nitrogen and oxygen atoms in total. The van der Waals surface area contributed by atoms with Gasteiger partial charge in [0.1, 0.15) is 5.54 Å². The van der Waals surface area contributed by atoms with E-state index in [4.69, 9.17) is 0 Å². The summed E-state index contributed by atoms with van der Waals surface area (Å²) < 4.78 is -0.607. The van der Waals surface area contributed by atoms with Gasteiger partial charge in [-0.05, 0) is 23.1 Å². The highest BCUT2D eigenvalue weighted by molar-refractivity contribution is 9.19. The van der Waals surface area contributed by atoms with Gasteiger partial charge >= 0.3 is 0 Å². The molecule has 0 aliphatic heterocycles. The van der Waals surface area contributed by atoms with Gasteiger partial charge in [0, 0.05) is 34.3 Å². The fourth-order valence-electron chi connectivity index (χ4n) is 3.61. The number of carbonyl (C=O) groups excluding carboxylic acids is 2. The van der Waals surface area contributed by atoms with Crippen LogP contribution < -0.4 is 0 Å². The highest BCUT2D eigenvalue weighted by Gasteiger charge is 2.45. The molecule has 5 heteroatoms. The van der Waals surface area contributed by atoms with Crippen molar-refractivity contribution in [2.24, 2.45) is 0 Å². The van der Waals surface area contributed by atoms with Crippen molar-refractivity contribution in [1.82, 2.24) is 4.90 Å². The summed E-state index contributed by atoms with van der Waals surface area (Å²) in [5, 5.41) is 0.338. The predicted molar refractivity (Wildman–Crippen MR) is 128 cm³/mol. The Labute approximate surface area is 194 Å². The Kier molecular flexibility index (Phi) is 8.14. The number of hydrogen-bond donors (Lipinski definition) is 0. The maximum absolute atomic E-state index is 13.4. The summed E-state index contributed by atoms with van der Waals surface area (Å²) in [6.45, 7) is 1.08. The number of benzene rings is 3. The number of carbonyl (C=O) groups is 2. The lowest BCUT2D eigenvalue weighted by molar-refractivity contribution is -0.139. The molecule has 0 radical (unpaired) electrons. The molecule has 0 saturated carbocycles. The van der Waals surface area contributed by atoms with E-state index >= 15 is 0 Å². The van der Waals surface area contributed by atoms with Crippen molar-refractivity contribution in [2.75, 3.05) is 5.33 Å². The third-order valence-corrected chi connectivity index (χ3v) is 6.49. The predicted octanol–water partition coefficient (Wildman–Crippen LogP) is 5.56. The Hall–Kier alpha value is -2.08. The maximum Gasteiger partial charge on any atom is 0.265 e. The van der Waals surface area contributed by atoms with Crippen LogP contribution in [0.25, 0.3) is 0 Å². The highest BCUT2D eigenvalue weighted by Crippen LogP contribution is 2.30. The molecule has 0 aromatic heterocycles. The molecule has 0 fully saturated rings. The molecule has 3 rings (SSSR count). The molecule has 1 atom stereocenters. The largest absolute Gasteiger partial charge is 0.288 e. The van der Waals surface area contributed by atoms with Gasteiger partial charge in [0.05, 0.1) is 0 Å². The third-order valence-electron chi connectivity index (χ3n) is 5.20. The Morgan fingerprint density at radius 2 is 1.10 bits per heavy atom. The van der Waals surface area contributed by atoms with Crippen molar-refractivity contribution < 1.29 is 9.59 Å². The van der Waals surface area contributed by atoms with Crippen molar-refractivity contribution in [2.45, 2.75) is 25.0 Å². The summed E-state index contributed by atoms with van der Waals surface area (Å²) in [6.07, 6.45) is 0.426. The zero-order valence-electron chi connectivity index (χ0n) is 16.5. The standard InChI is InChI=1S/C25H23Br2NO2/c26-19-25(23(29)24(27)30,16-20-10-4-1-5-11-20)28(17-21-12-6-2-7-13-21)18-22-14-8-3-9-15-22/h1-15H,16-19H2/t25-/m1/s1. The molecular formula is C25H23Br2NO2. The van der Waals surface area contributed by atoms with Gasteiger partial charge in [-0.2, -0.15) is 0 Å². The molecule has 154 valence electrons. The topological polar surface area (TPSA) is 37.4 Å². The first kappa shape index (κ1) is 22.6. The number of Topliss-reactive ketones (excluding diaryl/α,β-unsaturated/α-hetero) is 1. The minimum atomic E-state index is -1.03. The summed E-state index contributed by atoms with van der Waals surface area (Å²) >= 11 is 6.52. The van der Waals surface area contributed by atoms with E-state index in [1.54, 1.807) is 0 Å². The second kappa shape index (κ2) is 10.8. The van der Waals surface area contributed by atoms with Crippen LogP contribution in [0.1, 0.15) is 16.7 Å². The van der Waals surface area contributed by atoms with Gasteiger partial charge in [-0.15, -0.1) is 0 Å². The fraction of sp³-hybridized carbons (Fsp3) is 0.200. The zero-order chi connectivity index (χ0) is 21.4. The van der Waals surface area contributed by atoms with Crippen LogP contribution in [0.2, 0.25) is 0 Å². The maximum atomic E-state index is 13.4. The average Bonchev–Trinajstić information content (AvgIpc) is 2.78. The van der Waals surface area contributed by atoms with Gasteiger partial charge in [-0.25, -0.2) is 0 Å². The van der Waals surface area contributed by atoms with E-state index in [0.717, 1.165) is 16.7 Å². The van der Waals surface area contributed by atoms with Crippen molar-refractivity contribution in [1.29, 1.82) is 0 Å².